The van der Waals surface area contributed by atoms with Crippen LogP contribution in [0.15, 0.2) is 48.8 Å². The van der Waals surface area contributed by atoms with Crippen LogP contribution in [-0.2, 0) is 6.42 Å². The maximum absolute atomic E-state index is 13.0. The number of carbonyl (C=O) groups excluding carboxylic acids is 1. The van der Waals surface area contributed by atoms with E-state index in [-0.39, 0.29) is 12.7 Å². The van der Waals surface area contributed by atoms with Gasteiger partial charge < -0.3 is 14.8 Å². The number of ether oxygens (including phenoxy) is 2. The van der Waals surface area contributed by atoms with Crippen molar-refractivity contribution in [2.45, 2.75) is 19.3 Å². The Bertz CT molecular complexity index is 1080. The molecule has 28 heavy (non-hydrogen) atoms. The number of hydrogen-bond acceptors (Lipinski definition) is 5. The number of nitrogens with zero attached hydrogens (tertiary/aromatic N) is 2. The average Bonchev–Trinajstić information content (AvgIpc) is 3.37. The molecule has 1 aromatic carbocycles. The molecule has 3 aromatic rings. The molecular weight excluding hydrogens is 354 g/mol. The number of nitrogens with one attached hydrogen (secondary N) is 1. The number of benzene rings is 1. The van der Waals surface area contributed by atoms with E-state index < -0.39 is 0 Å². The molecule has 0 aliphatic carbocycles. The van der Waals surface area contributed by atoms with Crippen LogP contribution in [0.25, 0.3) is 16.6 Å². The standard InChI is InChI=1S/C22H21N3O3/c26-21(6-4-15-3-5-19-20(12-15)28-14-27-19)25-13-17(16-7-10-23-11-8-16)22-18(25)2-1-9-24-22/h1-3,5,7,9,12-13,23H,4,6,8,10-11,14H2. The topological polar surface area (TPSA) is 65.4 Å². The highest BCUT2D eigenvalue weighted by molar-refractivity contribution is 5.97. The van der Waals surface area contributed by atoms with Crippen molar-refractivity contribution < 1.29 is 14.3 Å². The highest BCUT2D eigenvalue weighted by Crippen LogP contribution is 2.33. The lowest BCUT2D eigenvalue weighted by Gasteiger charge is -2.12. The minimum atomic E-state index is 0.0662. The Morgan fingerprint density at radius 3 is 3.04 bits per heavy atom. The summed E-state index contributed by atoms with van der Waals surface area (Å²) in [5.74, 6) is 1.58. The summed E-state index contributed by atoms with van der Waals surface area (Å²) < 4.78 is 12.5. The van der Waals surface area contributed by atoms with Gasteiger partial charge in [-0.25, -0.2) is 0 Å². The normalized spacial score (nSPS) is 15.6. The van der Waals surface area contributed by atoms with Gasteiger partial charge in [0.05, 0.1) is 11.0 Å². The molecule has 2 aliphatic rings. The van der Waals surface area contributed by atoms with E-state index in [1.807, 2.05) is 36.5 Å². The van der Waals surface area contributed by atoms with Crippen LogP contribution in [0.4, 0.5) is 0 Å². The average molecular weight is 375 g/mol. The molecule has 0 saturated heterocycles. The summed E-state index contributed by atoms with van der Waals surface area (Å²) in [4.78, 5) is 17.6. The summed E-state index contributed by atoms with van der Waals surface area (Å²) in [5.41, 5.74) is 5.14. The van der Waals surface area contributed by atoms with Gasteiger partial charge in [-0.3, -0.25) is 14.3 Å². The van der Waals surface area contributed by atoms with Crippen molar-refractivity contribution in [1.29, 1.82) is 0 Å². The number of fused-ring (bicyclic) bond motifs is 2. The Morgan fingerprint density at radius 2 is 2.14 bits per heavy atom. The van der Waals surface area contributed by atoms with E-state index in [1.54, 1.807) is 10.8 Å². The van der Waals surface area contributed by atoms with Crippen LogP contribution in [-0.4, -0.2) is 35.3 Å². The van der Waals surface area contributed by atoms with Gasteiger partial charge in [0, 0.05) is 30.9 Å². The van der Waals surface area contributed by atoms with Gasteiger partial charge in [0.2, 0.25) is 12.7 Å². The van der Waals surface area contributed by atoms with Gasteiger partial charge in [0.1, 0.15) is 0 Å². The van der Waals surface area contributed by atoms with E-state index >= 15 is 0 Å². The third-order valence-corrected chi connectivity index (χ3v) is 5.30. The van der Waals surface area contributed by atoms with Gasteiger partial charge in [0.25, 0.3) is 0 Å². The molecule has 0 bridgehead atoms. The van der Waals surface area contributed by atoms with Gasteiger partial charge in [-0.1, -0.05) is 12.1 Å². The second-order valence-electron chi connectivity index (χ2n) is 7.05. The van der Waals surface area contributed by atoms with Crippen LogP contribution in [0.5, 0.6) is 11.5 Å². The van der Waals surface area contributed by atoms with Crippen LogP contribution in [0, 0.1) is 0 Å². The van der Waals surface area contributed by atoms with Crippen molar-refractivity contribution in [2.24, 2.45) is 0 Å². The fourth-order valence-corrected chi connectivity index (χ4v) is 3.84. The fourth-order valence-electron chi connectivity index (χ4n) is 3.84. The van der Waals surface area contributed by atoms with Crippen LogP contribution >= 0.6 is 0 Å². The summed E-state index contributed by atoms with van der Waals surface area (Å²) in [6.07, 6.45) is 7.94. The number of rotatable bonds is 4. The second-order valence-corrected chi connectivity index (χ2v) is 7.05. The molecule has 142 valence electrons. The number of pyridine rings is 1. The van der Waals surface area contributed by atoms with Crippen LogP contribution in [0.2, 0.25) is 0 Å². The number of aryl methyl sites for hydroxylation is 1. The molecule has 0 saturated carbocycles. The summed E-state index contributed by atoms with van der Waals surface area (Å²) >= 11 is 0. The zero-order valence-corrected chi connectivity index (χ0v) is 15.5. The Hall–Kier alpha value is -3.12. The van der Waals surface area contributed by atoms with Crippen molar-refractivity contribution in [3.8, 4) is 11.5 Å². The van der Waals surface area contributed by atoms with Gasteiger partial charge in [0.15, 0.2) is 11.5 Å². The molecule has 0 atom stereocenters. The largest absolute Gasteiger partial charge is 0.454 e. The smallest absolute Gasteiger partial charge is 0.231 e. The number of hydrogen-bond donors (Lipinski definition) is 1. The predicted molar refractivity (Wildman–Crippen MR) is 107 cm³/mol. The predicted octanol–water partition coefficient (Wildman–Crippen LogP) is 3.41. The van der Waals surface area contributed by atoms with E-state index in [1.165, 1.54) is 5.57 Å². The lowest BCUT2D eigenvalue weighted by atomic mass is 10.0. The van der Waals surface area contributed by atoms with Gasteiger partial charge in [-0.15, -0.1) is 0 Å². The first kappa shape index (κ1) is 17.0. The summed E-state index contributed by atoms with van der Waals surface area (Å²) in [5, 5.41) is 3.33. The van der Waals surface area contributed by atoms with E-state index in [0.717, 1.165) is 53.2 Å². The minimum Gasteiger partial charge on any atom is -0.454 e. The molecule has 2 aromatic heterocycles. The Labute approximate surface area is 162 Å². The molecular formula is C22H21N3O3. The maximum atomic E-state index is 13.0. The van der Waals surface area contributed by atoms with Crippen molar-refractivity contribution in [2.75, 3.05) is 19.9 Å². The molecule has 1 N–H and O–H groups in total. The molecule has 6 nitrogen and oxygen atoms in total. The van der Waals surface area contributed by atoms with Crippen LogP contribution < -0.4 is 14.8 Å². The summed E-state index contributed by atoms with van der Waals surface area (Å²) in [6, 6.07) is 9.69. The SMILES string of the molecule is O=C(CCc1ccc2c(c1)OCO2)n1cc(C2=CCNCC2)c2ncccc21. The first-order valence-corrected chi connectivity index (χ1v) is 9.57. The summed E-state index contributed by atoms with van der Waals surface area (Å²) in [6.45, 7) is 2.06. The number of carbonyl (C=O) groups is 1. The lowest BCUT2D eigenvalue weighted by molar-refractivity contribution is 0.0908. The highest BCUT2D eigenvalue weighted by Gasteiger charge is 2.19. The molecule has 0 unspecified atom stereocenters. The van der Waals surface area contributed by atoms with Crippen molar-refractivity contribution in [3.05, 3.63) is 59.9 Å². The maximum Gasteiger partial charge on any atom is 0.231 e. The third-order valence-electron chi connectivity index (χ3n) is 5.30. The summed E-state index contributed by atoms with van der Waals surface area (Å²) in [7, 11) is 0. The lowest BCUT2D eigenvalue weighted by Crippen LogP contribution is -2.20. The molecule has 2 aliphatic heterocycles. The molecule has 0 radical (unpaired) electrons. The van der Waals surface area contributed by atoms with E-state index in [4.69, 9.17) is 9.47 Å². The molecule has 5 rings (SSSR count). The molecule has 6 heteroatoms. The highest BCUT2D eigenvalue weighted by atomic mass is 16.7. The molecule has 0 spiro atoms. The van der Waals surface area contributed by atoms with Crippen molar-refractivity contribution >= 4 is 22.5 Å². The molecule has 0 fully saturated rings. The third kappa shape index (κ3) is 3.05. The van der Waals surface area contributed by atoms with E-state index in [9.17, 15) is 4.79 Å². The zero-order valence-electron chi connectivity index (χ0n) is 15.5. The minimum absolute atomic E-state index is 0.0662. The van der Waals surface area contributed by atoms with Gasteiger partial charge in [-0.2, -0.15) is 0 Å². The first-order chi connectivity index (χ1) is 13.8. The van der Waals surface area contributed by atoms with Crippen molar-refractivity contribution in [3.63, 3.8) is 0 Å². The Balaban J connectivity index is 1.41. The molecule has 4 heterocycles. The van der Waals surface area contributed by atoms with Gasteiger partial charge in [-0.05, 0) is 54.8 Å². The van der Waals surface area contributed by atoms with E-state index in [0.29, 0.717) is 12.8 Å². The first-order valence-electron chi connectivity index (χ1n) is 9.57. The van der Waals surface area contributed by atoms with Gasteiger partial charge >= 0.3 is 0 Å². The Kier molecular flexibility index (Phi) is 4.33. The molecule has 0 amide bonds. The quantitative estimate of drug-likeness (QED) is 0.757. The van der Waals surface area contributed by atoms with Crippen LogP contribution in [0.1, 0.15) is 28.8 Å². The van der Waals surface area contributed by atoms with E-state index in [2.05, 4.69) is 16.4 Å². The monoisotopic (exact) mass is 375 g/mol. The zero-order chi connectivity index (χ0) is 18.9. The Morgan fingerprint density at radius 1 is 1.21 bits per heavy atom. The second kappa shape index (κ2) is 7.13. The van der Waals surface area contributed by atoms with Crippen molar-refractivity contribution in [1.82, 2.24) is 14.9 Å². The number of aromatic nitrogens is 2. The fraction of sp³-hybridized carbons (Fsp3) is 0.273. The van der Waals surface area contributed by atoms with Crippen LogP contribution in [0.3, 0.4) is 0 Å².